The van der Waals surface area contributed by atoms with Crippen LogP contribution in [0.15, 0.2) is 65.6 Å². The molecule has 0 bridgehead atoms. The van der Waals surface area contributed by atoms with Gasteiger partial charge in [-0.15, -0.1) is 0 Å². The first kappa shape index (κ1) is 34.2. The Labute approximate surface area is 274 Å². The lowest BCUT2D eigenvalue weighted by atomic mass is 9.67. The number of carbonyl (C=O) groups is 2. The standard InChI is InChI=1S/C32H32F4N4O2S.C2H4O2/c1-18-37-29-15-24(9-11-30(29)39(18)2)43-40(3)23-7-4-19(5-8-23)20-12-21-16-42-17-26(21)25(13-20)31(41)38-28-10-6-22(14-27(28)33)32(34,35)36;1-4-2-3/h4-11,14-15,20-21,25-26H,12-13,16-17H2,1-3H3,(H,38,41);2H,1H3. The normalized spacial score (nSPS) is 20.6. The Morgan fingerprint density at radius 2 is 1.83 bits per heavy atom. The fourth-order valence-corrected chi connectivity index (χ4v) is 7.20. The maximum Gasteiger partial charge on any atom is 0.416 e. The monoisotopic (exact) mass is 672 g/mol. The smallest absolute Gasteiger partial charge is 0.416 e. The van der Waals surface area contributed by atoms with Crippen molar-refractivity contribution >= 4 is 46.7 Å². The van der Waals surface area contributed by atoms with Crippen LogP contribution in [0.4, 0.5) is 28.9 Å². The summed E-state index contributed by atoms with van der Waals surface area (Å²) in [6.07, 6.45) is -3.24. The van der Waals surface area contributed by atoms with Gasteiger partial charge in [0.25, 0.3) is 6.47 Å². The number of imidazole rings is 1. The zero-order valence-corrected chi connectivity index (χ0v) is 27.2. The average molecular weight is 673 g/mol. The molecule has 0 radical (unpaired) electrons. The lowest BCUT2D eigenvalue weighted by Gasteiger charge is -2.37. The molecule has 47 heavy (non-hydrogen) atoms. The number of fused-ring (bicyclic) bond motifs is 2. The third-order valence-electron chi connectivity index (χ3n) is 8.92. The number of benzene rings is 3. The van der Waals surface area contributed by atoms with Gasteiger partial charge in [0.1, 0.15) is 11.6 Å². The zero-order valence-electron chi connectivity index (χ0n) is 26.4. The Hall–Kier alpha value is -4.10. The molecule has 1 aromatic heterocycles. The number of alkyl halides is 3. The van der Waals surface area contributed by atoms with E-state index in [-0.39, 0.29) is 23.4 Å². The molecule has 8 nitrogen and oxygen atoms in total. The number of hydrogen-bond acceptors (Lipinski definition) is 7. The minimum Gasteiger partial charge on any atom is -0.471 e. The summed E-state index contributed by atoms with van der Waals surface area (Å²) in [4.78, 5) is 28.0. The first-order valence-electron chi connectivity index (χ1n) is 15.1. The van der Waals surface area contributed by atoms with Gasteiger partial charge in [0.15, 0.2) is 0 Å². The van der Waals surface area contributed by atoms with E-state index in [4.69, 9.17) is 9.53 Å². The van der Waals surface area contributed by atoms with Gasteiger partial charge in [-0.3, -0.25) is 9.59 Å². The number of amides is 1. The molecule has 1 aliphatic heterocycles. The van der Waals surface area contributed by atoms with Crippen LogP contribution in [-0.2, 0) is 32.3 Å². The number of methoxy groups -OCH3 is 1. The van der Waals surface area contributed by atoms with Crippen LogP contribution < -0.4 is 9.62 Å². The zero-order chi connectivity index (χ0) is 33.9. The van der Waals surface area contributed by atoms with Gasteiger partial charge in [0, 0.05) is 37.2 Å². The maximum absolute atomic E-state index is 14.5. The van der Waals surface area contributed by atoms with Crippen molar-refractivity contribution < 1.29 is 36.6 Å². The summed E-state index contributed by atoms with van der Waals surface area (Å²) in [6.45, 7) is 3.35. The van der Waals surface area contributed by atoms with Crippen molar-refractivity contribution in [2.45, 2.75) is 36.8 Å². The fraction of sp³-hybridized carbons (Fsp3) is 0.382. The topological polar surface area (TPSA) is 85.7 Å². The first-order chi connectivity index (χ1) is 22.4. The van der Waals surface area contributed by atoms with Crippen LogP contribution >= 0.6 is 11.9 Å². The molecule has 250 valence electrons. The summed E-state index contributed by atoms with van der Waals surface area (Å²) in [5.41, 5.74) is 2.83. The Kier molecular flexibility index (Phi) is 10.5. The molecule has 1 aliphatic carbocycles. The van der Waals surface area contributed by atoms with Crippen molar-refractivity contribution in [3.8, 4) is 0 Å². The summed E-state index contributed by atoms with van der Waals surface area (Å²) in [5, 5.41) is 2.55. The second-order valence-corrected chi connectivity index (χ2v) is 13.0. The largest absolute Gasteiger partial charge is 0.471 e. The number of hydrogen-bond donors (Lipinski definition) is 1. The average Bonchev–Trinajstić information content (AvgIpc) is 3.64. The number of nitrogens with zero attached hydrogens (tertiary/aromatic N) is 3. The van der Waals surface area contributed by atoms with Crippen molar-refractivity contribution in [3.05, 3.63) is 83.4 Å². The molecular formula is C34H36F4N4O4S. The number of aromatic nitrogens is 2. The minimum atomic E-state index is -4.66. The van der Waals surface area contributed by atoms with E-state index in [1.54, 1.807) is 11.9 Å². The molecule has 0 spiro atoms. The molecule has 1 saturated heterocycles. The molecule has 1 amide bonds. The summed E-state index contributed by atoms with van der Waals surface area (Å²) in [6, 6.07) is 16.7. The predicted octanol–water partition coefficient (Wildman–Crippen LogP) is 7.37. The highest BCUT2D eigenvalue weighted by Crippen LogP contribution is 2.47. The van der Waals surface area contributed by atoms with Crippen molar-refractivity contribution in [3.63, 3.8) is 0 Å². The molecule has 1 saturated carbocycles. The van der Waals surface area contributed by atoms with E-state index in [0.717, 1.165) is 51.6 Å². The van der Waals surface area contributed by atoms with Crippen molar-refractivity contribution in [1.82, 2.24) is 9.55 Å². The number of halogens is 4. The molecule has 1 N–H and O–H groups in total. The van der Waals surface area contributed by atoms with Gasteiger partial charge in [-0.25, -0.2) is 9.37 Å². The number of rotatable bonds is 7. The quantitative estimate of drug-likeness (QED) is 0.125. The van der Waals surface area contributed by atoms with E-state index in [1.165, 1.54) is 7.11 Å². The SMILES string of the molecule is COC=O.Cc1nc2cc(SN(C)c3ccc(C4CC5COCC5C(C(=O)Nc5ccc(C(F)(F)F)cc5F)C4)cc3)ccc2n1C. The molecular weight excluding hydrogens is 636 g/mol. The van der Waals surface area contributed by atoms with Crippen LogP contribution in [0.5, 0.6) is 0 Å². The van der Waals surface area contributed by atoms with E-state index in [1.807, 2.05) is 21.0 Å². The predicted molar refractivity (Wildman–Crippen MR) is 173 cm³/mol. The number of carbonyl (C=O) groups excluding carboxylic acids is 2. The van der Waals surface area contributed by atoms with E-state index >= 15 is 0 Å². The molecule has 4 unspecified atom stereocenters. The molecule has 4 atom stereocenters. The number of aryl methyl sites for hydroxylation is 2. The van der Waals surface area contributed by atoms with Crippen molar-refractivity contribution in [1.29, 1.82) is 0 Å². The first-order valence-corrected chi connectivity index (χ1v) is 15.8. The van der Waals surface area contributed by atoms with E-state index in [2.05, 4.69) is 66.4 Å². The molecule has 3 aromatic carbocycles. The van der Waals surface area contributed by atoms with E-state index in [0.29, 0.717) is 32.2 Å². The minimum absolute atomic E-state index is 0.0178. The number of ether oxygens (including phenoxy) is 2. The van der Waals surface area contributed by atoms with Crippen LogP contribution in [0.2, 0.25) is 0 Å². The second kappa shape index (κ2) is 14.3. The van der Waals surface area contributed by atoms with Crippen molar-refractivity contribution in [2.75, 3.05) is 37.0 Å². The van der Waals surface area contributed by atoms with Gasteiger partial charge in [0.05, 0.1) is 36.0 Å². The van der Waals surface area contributed by atoms with Crippen molar-refractivity contribution in [2.24, 2.45) is 24.8 Å². The molecule has 2 heterocycles. The summed E-state index contributed by atoms with van der Waals surface area (Å²) < 4.78 is 67.1. The van der Waals surface area contributed by atoms with Gasteiger partial charge < -0.3 is 23.7 Å². The second-order valence-electron chi connectivity index (χ2n) is 11.8. The molecule has 2 aliphatic rings. The maximum atomic E-state index is 14.5. The Morgan fingerprint density at radius 1 is 1.11 bits per heavy atom. The summed E-state index contributed by atoms with van der Waals surface area (Å²) >= 11 is 1.61. The van der Waals surface area contributed by atoms with E-state index in [9.17, 15) is 22.4 Å². The lowest BCUT2D eigenvalue weighted by Crippen LogP contribution is -2.38. The van der Waals surface area contributed by atoms with Gasteiger partial charge >= 0.3 is 6.18 Å². The van der Waals surface area contributed by atoms with Gasteiger partial charge in [-0.2, -0.15) is 13.2 Å². The number of anilines is 2. The Balaban J connectivity index is 0.00000103. The van der Waals surface area contributed by atoms with Crippen LogP contribution in [-0.4, -0.2) is 49.3 Å². The fourth-order valence-electron chi connectivity index (χ4n) is 6.36. The lowest BCUT2D eigenvalue weighted by molar-refractivity contribution is -0.137. The molecule has 2 fully saturated rings. The van der Waals surface area contributed by atoms with Crippen LogP contribution in [0.1, 0.15) is 35.7 Å². The highest BCUT2D eigenvalue weighted by atomic mass is 32.2. The van der Waals surface area contributed by atoms with Gasteiger partial charge in [-0.05, 0) is 104 Å². The molecule has 4 aromatic rings. The molecule has 6 rings (SSSR count). The summed E-state index contributed by atoms with van der Waals surface area (Å²) in [7, 11) is 5.33. The van der Waals surface area contributed by atoms with Gasteiger partial charge in [0.2, 0.25) is 5.91 Å². The highest BCUT2D eigenvalue weighted by Gasteiger charge is 2.45. The highest BCUT2D eigenvalue weighted by molar-refractivity contribution is 8.00. The van der Waals surface area contributed by atoms with E-state index < -0.39 is 29.4 Å². The Morgan fingerprint density at radius 3 is 2.49 bits per heavy atom. The van der Waals surface area contributed by atoms with Gasteiger partial charge in [-0.1, -0.05) is 12.1 Å². The molecule has 13 heteroatoms. The van der Waals surface area contributed by atoms with Crippen LogP contribution in [0.3, 0.4) is 0 Å². The summed E-state index contributed by atoms with van der Waals surface area (Å²) in [5.74, 6) is -0.732. The van der Waals surface area contributed by atoms with Crippen LogP contribution in [0, 0.1) is 30.5 Å². The third kappa shape index (κ3) is 7.73. The van der Waals surface area contributed by atoms with Crippen LogP contribution in [0.25, 0.3) is 11.0 Å². The Bertz CT molecular complexity index is 1730. The third-order valence-corrected chi connectivity index (χ3v) is 9.87. The number of nitrogens with one attached hydrogen (secondary N) is 1.